The Labute approximate surface area is 423 Å². The Kier molecular flexibility index (Phi) is 14.2. The third-order valence-electron chi connectivity index (χ3n) is 13.2. The second kappa shape index (κ2) is 21.4. The summed E-state index contributed by atoms with van der Waals surface area (Å²) in [5.41, 5.74) is 3.72. The number of anilines is 2. The van der Waals surface area contributed by atoms with Gasteiger partial charge >= 0.3 is 0 Å². The summed E-state index contributed by atoms with van der Waals surface area (Å²) in [6, 6.07) is 26.0. The van der Waals surface area contributed by atoms with E-state index in [1.807, 2.05) is 71.5 Å². The van der Waals surface area contributed by atoms with Crippen LogP contribution in [0.1, 0.15) is 102 Å². The molecule has 8 heterocycles. The third-order valence-corrected chi connectivity index (χ3v) is 13.2. The standard InChI is InChI=1S/C27H26FN7O2.C26H24FN7O2.CH4/c1-2-19(32-24-23-26(30-15-29-24)34(16-31-23)21-13-6-7-14-37-21)25-33-20-12-8-11-18(28)22(20)27(36)35(25)17-9-4-3-5-10-17;1-16(31-23-22-25(29-14-28-23)33(15-30-22)21-9-5-6-12-36-21)24-32-20-11-10-17(27)13-19(20)26(35)34(24)18-7-3-2-4-8-18;/h3-5,8-12,15-16,19,21H,2,6-7,13-14H2,1H3,(H,29,30,32);2-4,7-8,10-11,13-16,21H,5-6,9,12H2,1H3,(H,28,29,31);1H4/t19-,21?;16-,21?;/m00./s1. The lowest BCUT2D eigenvalue weighted by atomic mass is 10.1. The van der Waals surface area contributed by atoms with Gasteiger partial charge in [-0.3, -0.25) is 27.9 Å². The Morgan fingerprint density at radius 3 is 1.77 bits per heavy atom. The van der Waals surface area contributed by atoms with Crippen molar-refractivity contribution in [2.45, 2.75) is 90.8 Å². The van der Waals surface area contributed by atoms with Gasteiger partial charge in [-0.1, -0.05) is 56.8 Å². The second-order valence-corrected chi connectivity index (χ2v) is 17.9. The zero-order chi connectivity index (χ0) is 50.0. The number of halogens is 2. The lowest BCUT2D eigenvalue weighted by Gasteiger charge is -2.24. The van der Waals surface area contributed by atoms with Gasteiger partial charge < -0.3 is 20.1 Å². The van der Waals surface area contributed by atoms with Crippen LogP contribution in [0.15, 0.2) is 132 Å². The quantitative estimate of drug-likeness (QED) is 0.124. The molecule has 6 aromatic heterocycles. The van der Waals surface area contributed by atoms with E-state index >= 15 is 0 Å². The minimum atomic E-state index is -0.597. The lowest BCUT2D eigenvalue weighted by Crippen LogP contribution is -2.28. The van der Waals surface area contributed by atoms with Crippen LogP contribution in [0, 0.1) is 11.6 Å². The van der Waals surface area contributed by atoms with E-state index in [9.17, 15) is 18.4 Å². The molecule has 2 aliphatic rings. The summed E-state index contributed by atoms with van der Waals surface area (Å²) in [4.78, 5) is 63.6. The fourth-order valence-corrected chi connectivity index (χ4v) is 9.57. The maximum absolute atomic E-state index is 14.7. The average Bonchev–Trinajstić information content (AvgIpc) is 4.08. The summed E-state index contributed by atoms with van der Waals surface area (Å²) in [5.74, 6) is 0.890. The van der Waals surface area contributed by atoms with Crippen LogP contribution in [0.5, 0.6) is 0 Å². The van der Waals surface area contributed by atoms with Gasteiger partial charge in [-0.2, -0.15) is 0 Å². The maximum Gasteiger partial charge on any atom is 0.269 e. The monoisotopic (exact) mass is 1000 g/mol. The van der Waals surface area contributed by atoms with E-state index in [1.54, 1.807) is 36.9 Å². The number of aromatic nitrogens is 12. The van der Waals surface area contributed by atoms with Crippen LogP contribution in [-0.4, -0.2) is 71.4 Å². The summed E-state index contributed by atoms with van der Waals surface area (Å²) >= 11 is 0. The predicted molar refractivity (Wildman–Crippen MR) is 278 cm³/mol. The summed E-state index contributed by atoms with van der Waals surface area (Å²) in [5, 5.41) is 6.98. The van der Waals surface area contributed by atoms with Crippen molar-refractivity contribution in [2.75, 3.05) is 23.8 Å². The van der Waals surface area contributed by atoms with Gasteiger partial charge in [0.25, 0.3) is 11.1 Å². The summed E-state index contributed by atoms with van der Waals surface area (Å²) in [6.45, 7) is 5.31. The molecule has 18 nitrogen and oxygen atoms in total. The molecule has 2 fully saturated rings. The molecule has 20 heteroatoms. The van der Waals surface area contributed by atoms with E-state index in [4.69, 9.17) is 19.4 Å². The molecule has 0 bridgehead atoms. The van der Waals surface area contributed by atoms with Crippen LogP contribution >= 0.6 is 0 Å². The first-order valence-corrected chi connectivity index (χ1v) is 24.4. The highest BCUT2D eigenvalue weighted by molar-refractivity contribution is 5.84. The maximum atomic E-state index is 14.7. The lowest BCUT2D eigenvalue weighted by molar-refractivity contribution is -0.0299. The van der Waals surface area contributed by atoms with Crippen molar-refractivity contribution in [3.8, 4) is 11.4 Å². The smallest absolute Gasteiger partial charge is 0.269 e. The summed E-state index contributed by atoms with van der Waals surface area (Å²) in [7, 11) is 0. The van der Waals surface area contributed by atoms with E-state index in [1.165, 1.54) is 46.1 Å². The Morgan fingerprint density at radius 2 is 1.20 bits per heavy atom. The van der Waals surface area contributed by atoms with Crippen molar-refractivity contribution in [3.05, 3.63) is 166 Å². The first-order valence-electron chi connectivity index (χ1n) is 24.4. The van der Waals surface area contributed by atoms with Crippen molar-refractivity contribution >= 4 is 55.8 Å². The van der Waals surface area contributed by atoms with Crippen LogP contribution in [0.2, 0.25) is 0 Å². The van der Waals surface area contributed by atoms with E-state index in [-0.39, 0.29) is 36.2 Å². The number of benzene rings is 4. The number of hydrogen-bond acceptors (Lipinski definition) is 14. The molecule has 378 valence electrons. The van der Waals surface area contributed by atoms with Gasteiger partial charge in [0.1, 0.15) is 53.8 Å². The number of rotatable bonds is 11. The molecule has 0 aliphatic carbocycles. The minimum Gasteiger partial charge on any atom is -0.358 e. The fourth-order valence-electron chi connectivity index (χ4n) is 9.57. The van der Waals surface area contributed by atoms with Gasteiger partial charge in [-0.05, 0) is 106 Å². The van der Waals surface area contributed by atoms with E-state index in [2.05, 4.69) is 40.5 Å². The van der Waals surface area contributed by atoms with E-state index in [0.29, 0.717) is 87.7 Å². The normalized spacial score (nSPS) is 16.6. The van der Waals surface area contributed by atoms with Crippen LogP contribution in [0.25, 0.3) is 55.5 Å². The Balaban J connectivity index is 0.000000167. The molecular weight excluding hydrogens is 947 g/mol. The number of imidazole rings is 2. The number of para-hydroxylation sites is 2. The van der Waals surface area contributed by atoms with Crippen LogP contribution in [0.3, 0.4) is 0 Å². The largest absolute Gasteiger partial charge is 0.358 e. The van der Waals surface area contributed by atoms with Crippen LogP contribution in [-0.2, 0) is 9.47 Å². The van der Waals surface area contributed by atoms with Crippen LogP contribution < -0.4 is 21.8 Å². The molecule has 0 spiro atoms. The highest BCUT2D eigenvalue weighted by atomic mass is 19.1. The molecule has 2 N–H and O–H groups in total. The van der Waals surface area contributed by atoms with Gasteiger partial charge in [0.05, 0.1) is 52.5 Å². The molecule has 12 rings (SSSR count). The van der Waals surface area contributed by atoms with Gasteiger partial charge in [-0.15, -0.1) is 0 Å². The molecule has 4 aromatic carbocycles. The highest BCUT2D eigenvalue weighted by Crippen LogP contribution is 2.32. The first kappa shape index (κ1) is 49.2. The Hall–Kier alpha value is -8.36. The zero-order valence-corrected chi connectivity index (χ0v) is 40.0. The van der Waals surface area contributed by atoms with Gasteiger partial charge in [0.15, 0.2) is 34.0 Å². The molecule has 10 aromatic rings. The molecule has 0 radical (unpaired) electrons. The first-order chi connectivity index (χ1) is 35.7. The van der Waals surface area contributed by atoms with Crippen molar-refractivity contribution in [1.82, 2.24) is 58.1 Å². The SMILES string of the molecule is C.CC[C@H](Nc1ncnc2c1ncn2C1CCCCO1)c1nc2cccc(F)c2c(=O)n1-c1ccccc1.C[C@H](Nc1ncnc2c1ncn2C1CCCCO1)c1nc2ccc(F)cc2c(=O)n1-c1ccccc1. The molecule has 4 atom stereocenters. The van der Waals surface area contributed by atoms with Gasteiger partial charge in [0.2, 0.25) is 0 Å². The zero-order valence-electron chi connectivity index (χ0n) is 40.0. The number of nitrogens with one attached hydrogen (secondary N) is 2. The van der Waals surface area contributed by atoms with Gasteiger partial charge in [-0.25, -0.2) is 48.7 Å². The summed E-state index contributed by atoms with van der Waals surface area (Å²) in [6.07, 6.45) is 12.9. The van der Waals surface area contributed by atoms with Gasteiger partial charge in [0, 0.05) is 13.2 Å². The Bertz CT molecular complexity index is 3730. The molecule has 2 aliphatic heterocycles. The number of ether oxygens (including phenoxy) is 2. The second-order valence-electron chi connectivity index (χ2n) is 17.9. The van der Waals surface area contributed by atoms with E-state index in [0.717, 1.165) is 38.5 Å². The highest BCUT2D eigenvalue weighted by Gasteiger charge is 2.27. The molecular formula is C54H54F2N14O4. The van der Waals surface area contributed by atoms with Crippen molar-refractivity contribution < 1.29 is 18.3 Å². The fraction of sp³-hybridized carbons (Fsp3) is 0.296. The number of nitrogens with zero attached hydrogens (tertiary/aromatic N) is 12. The van der Waals surface area contributed by atoms with Crippen LogP contribution in [0.4, 0.5) is 20.4 Å². The van der Waals surface area contributed by atoms with Crippen molar-refractivity contribution in [3.63, 3.8) is 0 Å². The number of fused-ring (bicyclic) bond motifs is 4. The summed E-state index contributed by atoms with van der Waals surface area (Å²) < 4.78 is 47.4. The van der Waals surface area contributed by atoms with E-state index < -0.39 is 29.3 Å². The molecule has 74 heavy (non-hydrogen) atoms. The molecule has 0 amide bonds. The molecule has 0 saturated carbocycles. The molecule has 2 saturated heterocycles. The Morgan fingerprint density at radius 1 is 0.635 bits per heavy atom. The van der Waals surface area contributed by atoms with Crippen molar-refractivity contribution in [2.24, 2.45) is 0 Å². The average molecular weight is 1000 g/mol. The topological polar surface area (TPSA) is 200 Å². The minimum absolute atomic E-state index is 0. The third kappa shape index (κ3) is 9.44. The van der Waals surface area contributed by atoms with Crippen molar-refractivity contribution in [1.29, 1.82) is 0 Å². The molecule has 2 unspecified atom stereocenters. The predicted octanol–water partition coefficient (Wildman–Crippen LogP) is 10.1. The number of hydrogen-bond donors (Lipinski definition) is 2.